The molecule has 0 amide bonds. The van der Waals surface area contributed by atoms with Gasteiger partial charge in [0.25, 0.3) is 0 Å². The number of nitrogens with one attached hydrogen (secondary N) is 1. The van der Waals surface area contributed by atoms with Gasteiger partial charge in [0, 0.05) is 19.1 Å². The Morgan fingerprint density at radius 1 is 1.05 bits per heavy atom. The quantitative estimate of drug-likeness (QED) is 0.732. The van der Waals surface area contributed by atoms with Gasteiger partial charge in [-0.3, -0.25) is 0 Å². The highest BCUT2D eigenvalue weighted by Gasteiger charge is 2.47. The highest BCUT2D eigenvalue weighted by Crippen LogP contribution is 2.53. The molecule has 122 valence electrons. The number of sulfonamides is 1. The van der Waals surface area contributed by atoms with Crippen molar-refractivity contribution in [2.75, 3.05) is 25.9 Å². The Labute approximate surface area is 129 Å². The fourth-order valence-electron chi connectivity index (χ4n) is 5.34. The zero-order chi connectivity index (χ0) is 15.0. The zero-order valence-corrected chi connectivity index (χ0v) is 14.2. The van der Waals surface area contributed by atoms with E-state index in [0.29, 0.717) is 19.1 Å². The molecule has 0 atom stereocenters. The molecular weight excluding hydrogens is 284 g/mol. The van der Waals surface area contributed by atoms with Crippen molar-refractivity contribution in [1.29, 1.82) is 0 Å². The summed E-state index contributed by atoms with van der Waals surface area (Å²) >= 11 is 0. The molecule has 4 saturated carbocycles. The predicted octanol–water partition coefficient (Wildman–Crippen LogP) is 2.07. The molecule has 0 spiro atoms. The van der Waals surface area contributed by atoms with Crippen molar-refractivity contribution in [3.05, 3.63) is 0 Å². The molecule has 0 aromatic heterocycles. The maximum atomic E-state index is 11.6. The molecule has 0 unspecified atom stereocenters. The van der Waals surface area contributed by atoms with E-state index in [0.717, 1.165) is 36.6 Å². The molecular formula is C16H30N2O2S. The highest BCUT2D eigenvalue weighted by molar-refractivity contribution is 7.88. The van der Waals surface area contributed by atoms with Gasteiger partial charge in [-0.15, -0.1) is 0 Å². The number of nitrogens with zero attached hydrogens (tertiary/aromatic N) is 1. The van der Waals surface area contributed by atoms with Crippen LogP contribution in [-0.2, 0) is 10.0 Å². The molecule has 0 aromatic rings. The lowest BCUT2D eigenvalue weighted by molar-refractivity contribution is -0.0136. The maximum Gasteiger partial charge on any atom is 0.211 e. The van der Waals surface area contributed by atoms with Gasteiger partial charge in [-0.1, -0.05) is 6.92 Å². The van der Waals surface area contributed by atoms with Crippen LogP contribution >= 0.6 is 0 Å². The summed E-state index contributed by atoms with van der Waals surface area (Å²) in [6.07, 6.45) is 9.49. The smallest absolute Gasteiger partial charge is 0.211 e. The van der Waals surface area contributed by atoms with E-state index in [2.05, 4.69) is 5.32 Å². The van der Waals surface area contributed by atoms with Crippen molar-refractivity contribution < 1.29 is 8.42 Å². The van der Waals surface area contributed by atoms with Gasteiger partial charge >= 0.3 is 0 Å². The van der Waals surface area contributed by atoms with Crippen molar-refractivity contribution in [3.63, 3.8) is 0 Å². The van der Waals surface area contributed by atoms with Gasteiger partial charge < -0.3 is 5.32 Å². The molecule has 0 aliphatic heterocycles. The van der Waals surface area contributed by atoms with Gasteiger partial charge in [0.2, 0.25) is 10.0 Å². The van der Waals surface area contributed by atoms with Gasteiger partial charge in [-0.05, 0) is 68.7 Å². The molecule has 0 heterocycles. The average molecular weight is 314 g/mol. The third-order valence-corrected chi connectivity index (χ3v) is 7.39. The Hall–Kier alpha value is -0.130. The lowest BCUT2D eigenvalue weighted by Crippen LogP contribution is -2.54. The minimum Gasteiger partial charge on any atom is -0.313 e. The van der Waals surface area contributed by atoms with E-state index in [1.165, 1.54) is 38.4 Å². The zero-order valence-electron chi connectivity index (χ0n) is 13.4. The normalized spacial score (nSPS) is 38.3. The Balaban J connectivity index is 1.44. The largest absolute Gasteiger partial charge is 0.313 e. The number of rotatable bonds is 7. The van der Waals surface area contributed by atoms with Crippen LogP contribution in [0.5, 0.6) is 0 Å². The van der Waals surface area contributed by atoms with E-state index in [-0.39, 0.29) is 0 Å². The first-order chi connectivity index (χ1) is 9.97. The predicted molar refractivity (Wildman–Crippen MR) is 85.5 cm³/mol. The second-order valence-corrected chi connectivity index (χ2v) is 9.50. The Kier molecular flexibility index (Phi) is 4.63. The monoisotopic (exact) mass is 314 g/mol. The van der Waals surface area contributed by atoms with Crippen molar-refractivity contribution >= 4 is 10.0 Å². The summed E-state index contributed by atoms with van der Waals surface area (Å²) in [7, 11) is -3.03. The SMILES string of the molecule is CCN(CCCNC1C2CC3CC(C2)CC1C3)S(C)(=O)=O. The minimum atomic E-state index is -3.03. The van der Waals surface area contributed by atoms with Crippen LogP contribution in [0.1, 0.15) is 45.4 Å². The van der Waals surface area contributed by atoms with Gasteiger partial charge in [0.1, 0.15) is 0 Å². The van der Waals surface area contributed by atoms with Crippen LogP contribution < -0.4 is 5.32 Å². The van der Waals surface area contributed by atoms with E-state index in [9.17, 15) is 8.42 Å². The summed E-state index contributed by atoms with van der Waals surface area (Å²) in [5.74, 6) is 3.84. The van der Waals surface area contributed by atoms with Gasteiger partial charge in [0.05, 0.1) is 6.26 Å². The van der Waals surface area contributed by atoms with E-state index in [1.807, 2.05) is 6.92 Å². The van der Waals surface area contributed by atoms with Crippen LogP contribution in [0, 0.1) is 23.7 Å². The van der Waals surface area contributed by atoms with Crippen molar-refractivity contribution in [2.45, 2.75) is 51.5 Å². The summed E-state index contributed by atoms with van der Waals surface area (Å²) < 4.78 is 24.7. The van der Waals surface area contributed by atoms with Crippen LogP contribution in [0.4, 0.5) is 0 Å². The van der Waals surface area contributed by atoms with Crippen LogP contribution in [0.2, 0.25) is 0 Å². The lowest BCUT2D eigenvalue weighted by atomic mass is 9.54. The summed E-state index contributed by atoms with van der Waals surface area (Å²) in [5.41, 5.74) is 0. The van der Waals surface area contributed by atoms with E-state index >= 15 is 0 Å². The second-order valence-electron chi connectivity index (χ2n) is 7.52. The van der Waals surface area contributed by atoms with Crippen molar-refractivity contribution in [2.24, 2.45) is 23.7 Å². The van der Waals surface area contributed by atoms with Crippen LogP contribution in [0.3, 0.4) is 0 Å². The first kappa shape index (κ1) is 15.8. The van der Waals surface area contributed by atoms with Crippen molar-refractivity contribution in [3.8, 4) is 0 Å². The standard InChI is InChI=1S/C16H30N2O2S/c1-3-18(21(2,19)20)6-4-5-17-16-14-8-12-7-13(10-14)11-15(16)9-12/h12-17H,3-11H2,1-2H3. The summed E-state index contributed by atoms with van der Waals surface area (Å²) in [5, 5.41) is 3.77. The molecule has 4 bridgehead atoms. The Morgan fingerprint density at radius 2 is 1.62 bits per heavy atom. The second kappa shape index (κ2) is 6.17. The first-order valence-corrected chi connectivity index (χ1v) is 10.5. The van der Waals surface area contributed by atoms with Crippen LogP contribution in [0.25, 0.3) is 0 Å². The maximum absolute atomic E-state index is 11.6. The van der Waals surface area contributed by atoms with E-state index < -0.39 is 10.0 Å². The average Bonchev–Trinajstić information content (AvgIpc) is 2.39. The van der Waals surface area contributed by atoms with Gasteiger partial charge in [-0.2, -0.15) is 0 Å². The first-order valence-electron chi connectivity index (χ1n) is 8.66. The third kappa shape index (κ3) is 3.45. The Bertz CT molecular complexity index is 435. The lowest BCUT2D eigenvalue weighted by Gasteiger charge is -2.54. The molecule has 0 aromatic carbocycles. The number of hydrogen-bond acceptors (Lipinski definition) is 3. The molecule has 0 radical (unpaired) electrons. The van der Waals surface area contributed by atoms with Crippen LogP contribution in [0.15, 0.2) is 0 Å². The van der Waals surface area contributed by atoms with E-state index in [1.54, 1.807) is 4.31 Å². The highest BCUT2D eigenvalue weighted by atomic mass is 32.2. The summed E-state index contributed by atoms with van der Waals surface area (Å²) in [4.78, 5) is 0. The van der Waals surface area contributed by atoms with Gasteiger partial charge in [0.15, 0.2) is 0 Å². The molecule has 4 aliphatic rings. The Morgan fingerprint density at radius 3 is 2.10 bits per heavy atom. The summed E-state index contributed by atoms with van der Waals surface area (Å²) in [6.45, 7) is 4.10. The molecule has 0 saturated heterocycles. The molecule has 4 fully saturated rings. The molecule has 4 rings (SSSR count). The third-order valence-electron chi connectivity index (χ3n) is 6.01. The van der Waals surface area contributed by atoms with Crippen molar-refractivity contribution in [1.82, 2.24) is 9.62 Å². The number of hydrogen-bond donors (Lipinski definition) is 1. The molecule has 4 nitrogen and oxygen atoms in total. The van der Waals surface area contributed by atoms with E-state index in [4.69, 9.17) is 0 Å². The molecule has 5 heteroatoms. The van der Waals surface area contributed by atoms with Gasteiger partial charge in [-0.25, -0.2) is 12.7 Å². The minimum absolute atomic E-state index is 0.580. The molecule has 4 aliphatic carbocycles. The molecule has 1 N–H and O–H groups in total. The molecule has 21 heavy (non-hydrogen) atoms. The summed E-state index contributed by atoms with van der Waals surface area (Å²) in [6, 6.07) is 0.714. The fourth-order valence-corrected chi connectivity index (χ4v) is 6.27. The fraction of sp³-hybridized carbons (Fsp3) is 1.00. The topological polar surface area (TPSA) is 49.4 Å². The van der Waals surface area contributed by atoms with Crippen LogP contribution in [-0.4, -0.2) is 44.7 Å².